The van der Waals surface area contributed by atoms with Crippen molar-refractivity contribution in [2.24, 2.45) is 4.99 Å². The topological polar surface area (TPSA) is 40.5 Å². The average molecular weight is 630 g/mol. The van der Waals surface area contributed by atoms with Gasteiger partial charge in [-0.1, -0.05) is 11.6 Å². The van der Waals surface area contributed by atoms with Gasteiger partial charge in [0.1, 0.15) is 30.8 Å². The largest absolute Gasteiger partial charge is 0.462 e. The Hall–Kier alpha value is -1.86. The predicted molar refractivity (Wildman–Crippen MR) is 128 cm³/mol. The summed E-state index contributed by atoms with van der Waals surface area (Å²) in [5, 5.41) is -0.197. The summed E-state index contributed by atoms with van der Waals surface area (Å²) in [5.41, 5.74) is -2.22. The Labute approximate surface area is 227 Å². The number of nitrogens with zero attached hydrogens (tertiary/aromatic N) is 4. The van der Waals surface area contributed by atoms with Crippen molar-refractivity contribution in [1.29, 1.82) is 0 Å². The molecular weight excluding hydrogens is 606 g/mol. The second kappa shape index (κ2) is 9.36. The molecule has 0 amide bonds. The summed E-state index contributed by atoms with van der Waals surface area (Å²) in [6.07, 6.45) is -3.57. The SMILES string of the molecule is Fc1c(Br)c(Cl)c2c3c1OC(OC[C@@]14CCCN1C[C@H](F)C4)=CN(CC(F)F)C=3N(C1(C(F)F)CC1)CN=2. The van der Waals surface area contributed by atoms with Crippen LogP contribution in [0, 0.1) is 5.82 Å². The Kier molecular flexibility index (Phi) is 6.50. The number of hydrogen-bond acceptors (Lipinski definition) is 6. The van der Waals surface area contributed by atoms with E-state index in [0.717, 1.165) is 17.5 Å². The molecular formula is C24H24BrClF6N4O2. The van der Waals surface area contributed by atoms with Gasteiger partial charge in [0.05, 0.1) is 38.4 Å². The van der Waals surface area contributed by atoms with Crippen molar-refractivity contribution in [3.8, 4) is 5.75 Å². The standard InChI is InChI=1S/C24H24BrClF6N4O2/c25-16-17(26)19-15-20(18(16)30)38-14(37-10-23-2-1-5-35(23)7-12(27)6-23)9-34(8-13(28)29)21(15)36(11-33-19)24(3-4-24)22(31)32/h9,12-13,22H,1-8,10-11H2/t12-,23+/m1/s1. The van der Waals surface area contributed by atoms with Gasteiger partial charge in [0.2, 0.25) is 0 Å². The fraction of sp³-hybridized carbons (Fsp3) is 0.625. The zero-order valence-corrected chi connectivity index (χ0v) is 22.4. The molecule has 4 aliphatic heterocycles. The van der Waals surface area contributed by atoms with E-state index >= 15 is 4.39 Å². The molecule has 208 valence electrons. The smallest absolute Gasteiger partial charge is 0.302 e. The minimum absolute atomic E-state index is 0.00919. The summed E-state index contributed by atoms with van der Waals surface area (Å²) in [6.45, 7) is -0.220. The van der Waals surface area contributed by atoms with Crippen molar-refractivity contribution >= 4 is 33.4 Å². The highest BCUT2D eigenvalue weighted by atomic mass is 79.9. The van der Waals surface area contributed by atoms with Gasteiger partial charge < -0.3 is 19.3 Å². The number of halogens is 8. The number of fused-ring (bicyclic) bond motifs is 1. The van der Waals surface area contributed by atoms with Crippen molar-refractivity contribution in [3.63, 3.8) is 0 Å². The molecule has 2 atom stereocenters. The molecule has 5 aliphatic rings. The van der Waals surface area contributed by atoms with E-state index in [4.69, 9.17) is 21.1 Å². The van der Waals surface area contributed by atoms with E-state index in [1.54, 1.807) is 0 Å². The number of rotatable bonds is 7. The molecule has 6 rings (SSSR count). The summed E-state index contributed by atoms with van der Waals surface area (Å²) in [6, 6.07) is 0. The van der Waals surface area contributed by atoms with Crippen molar-refractivity contribution < 1.29 is 35.8 Å². The van der Waals surface area contributed by atoms with Crippen LogP contribution >= 0.6 is 27.5 Å². The minimum Gasteiger partial charge on any atom is -0.462 e. The number of alkyl halides is 5. The van der Waals surface area contributed by atoms with E-state index in [-0.39, 0.29) is 70.9 Å². The third kappa shape index (κ3) is 4.06. The van der Waals surface area contributed by atoms with Crippen LogP contribution in [0.2, 0.25) is 5.02 Å². The second-order valence-corrected chi connectivity index (χ2v) is 11.6. The van der Waals surface area contributed by atoms with Crippen LogP contribution < -0.4 is 15.3 Å². The molecule has 1 aromatic carbocycles. The van der Waals surface area contributed by atoms with E-state index in [0.29, 0.717) is 13.0 Å². The molecule has 2 saturated heterocycles. The Morgan fingerprint density at radius 3 is 2.68 bits per heavy atom. The van der Waals surface area contributed by atoms with E-state index in [2.05, 4.69) is 20.9 Å². The van der Waals surface area contributed by atoms with Gasteiger partial charge in [-0.3, -0.25) is 9.89 Å². The van der Waals surface area contributed by atoms with Crippen LogP contribution in [0.5, 0.6) is 5.75 Å². The molecule has 0 radical (unpaired) electrons. The van der Waals surface area contributed by atoms with Gasteiger partial charge in [-0.2, -0.15) is 0 Å². The summed E-state index contributed by atoms with van der Waals surface area (Å²) < 4.78 is 97.6. The maximum atomic E-state index is 15.6. The van der Waals surface area contributed by atoms with Crippen LogP contribution in [-0.4, -0.2) is 77.7 Å². The first kappa shape index (κ1) is 26.4. The molecule has 0 bridgehead atoms. The van der Waals surface area contributed by atoms with Gasteiger partial charge in [0, 0.05) is 13.0 Å². The van der Waals surface area contributed by atoms with E-state index in [1.807, 2.05) is 4.90 Å². The van der Waals surface area contributed by atoms with E-state index < -0.39 is 48.2 Å². The van der Waals surface area contributed by atoms with Crippen molar-refractivity contribution in [1.82, 2.24) is 14.7 Å². The molecule has 6 nitrogen and oxygen atoms in total. The highest BCUT2D eigenvalue weighted by molar-refractivity contribution is 9.10. The first-order valence-corrected chi connectivity index (χ1v) is 13.5. The highest BCUT2D eigenvalue weighted by Gasteiger charge is 2.58. The van der Waals surface area contributed by atoms with Gasteiger partial charge in [-0.25, -0.2) is 26.3 Å². The first-order chi connectivity index (χ1) is 18.1. The Balaban J connectivity index is 1.47. The van der Waals surface area contributed by atoms with Gasteiger partial charge >= 0.3 is 5.95 Å². The second-order valence-electron chi connectivity index (χ2n) is 10.4. The number of benzene rings is 1. The molecule has 0 aromatic heterocycles. The van der Waals surface area contributed by atoms with Crippen LogP contribution in [0.3, 0.4) is 0 Å². The van der Waals surface area contributed by atoms with Gasteiger partial charge in [0.15, 0.2) is 11.6 Å². The van der Waals surface area contributed by atoms with Crippen LogP contribution in [0.15, 0.2) is 21.6 Å². The molecule has 1 saturated carbocycles. The molecule has 0 N–H and O–H groups in total. The summed E-state index contributed by atoms with van der Waals surface area (Å²) >= 11 is 9.46. The molecule has 0 unspecified atom stereocenters. The third-order valence-corrected chi connectivity index (χ3v) is 9.47. The molecule has 14 heteroatoms. The first-order valence-electron chi connectivity index (χ1n) is 12.3. The summed E-state index contributed by atoms with van der Waals surface area (Å²) in [4.78, 5) is 8.62. The van der Waals surface area contributed by atoms with E-state index in [9.17, 15) is 22.0 Å². The van der Waals surface area contributed by atoms with Crippen molar-refractivity contribution in [3.05, 3.63) is 38.0 Å². The zero-order chi connectivity index (χ0) is 27.0. The Bertz CT molecular complexity index is 1310. The molecule has 1 aliphatic carbocycles. The third-order valence-electron chi connectivity index (χ3n) is 8.13. The fourth-order valence-corrected chi connectivity index (χ4v) is 6.74. The van der Waals surface area contributed by atoms with Gasteiger partial charge in [-0.05, 0) is 48.2 Å². The number of ether oxygens (including phenoxy) is 2. The summed E-state index contributed by atoms with van der Waals surface area (Å²) in [5.74, 6) is -1.79. The van der Waals surface area contributed by atoms with Crippen LogP contribution in [0.25, 0.3) is 5.82 Å². The van der Waals surface area contributed by atoms with E-state index in [1.165, 1.54) is 4.90 Å². The predicted octanol–water partition coefficient (Wildman–Crippen LogP) is 4.35. The fourth-order valence-electron chi connectivity index (χ4n) is 6.13. The lowest BCUT2D eigenvalue weighted by atomic mass is 9.95. The van der Waals surface area contributed by atoms with Crippen LogP contribution in [0.4, 0.5) is 26.3 Å². The van der Waals surface area contributed by atoms with Crippen LogP contribution in [-0.2, 0) is 4.74 Å². The molecule has 3 fully saturated rings. The Morgan fingerprint density at radius 1 is 1.24 bits per heavy atom. The molecule has 4 heterocycles. The molecule has 38 heavy (non-hydrogen) atoms. The van der Waals surface area contributed by atoms with Gasteiger partial charge in [0.25, 0.3) is 12.9 Å². The highest BCUT2D eigenvalue weighted by Crippen LogP contribution is 2.50. The monoisotopic (exact) mass is 628 g/mol. The van der Waals surface area contributed by atoms with Crippen molar-refractivity contribution in [2.45, 2.75) is 62.2 Å². The van der Waals surface area contributed by atoms with Crippen molar-refractivity contribution in [2.75, 3.05) is 32.9 Å². The molecule has 0 spiro atoms. The maximum absolute atomic E-state index is 15.6. The normalized spacial score (nSPS) is 27.7. The average Bonchev–Trinajstić information content (AvgIpc) is 3.54. The number of hydrogen-bond donors (Lipinski definition) is 0. The van der Waals surface area contributed by atoms with Crippen LogP contribution in [0.1, 0.15) is 32.1 Å². The lowest BCUT2D eigenvalue weighted by Crippen LogP contribution is -2.53. The zero-order valence-electron chi connectivity index (χ0n) is 20.0. The maximum Gasteiger partial charge on any atom is 0.302 e. The lowest BCUT2D eigenvalue weighted by molar-refractivity contribution is 0.0202. The minimum atomic E-state index is -2.88. The quantitative estimate of drug-likeness (QED) is 0.332. The Morgan fingerprint density at radius 2 is 2.00 bits per heavy atom. The molecule has 1 aromatic rings. The lowest BCUT2D eigenvalue weighted by Gasteiger charge is -2.39. The summed E-state index contributed by atoms with van der Waals surface area (Å²) in [7, 11) is 0. The van der Waals surface area contributed by atoms with Gasteiger partial charge in [-0.15, -0.1) is 0 Å².